The lowest BCUT2D eigenvalue weighted by Crippen LogP contribution is -2.37. The first kappa shape index (κ1) is 19.9. The molecule has 1 N–H and O–H groups in total. The third-order valence-corrected chi connectivity index (χ3v) is 4.75. The summed E-state index contributed by atoms with van der Waals surface area (Å²) in [6.07, 6.45) is -0.0685. The summed E-state index contributed by atoms with van der Waals surface area (Å²) in [6, 6.07) is 13.0. The summed E-state index contributed by atoms with van der Waals surface area (Å²) in [6.45, 7) is 6.05. The van der Waals surface area contributed by atoms with E-state index in [1.54, 1.807) is 12.1 Å². The van der Waals surface area contributed by atoms with Crippen molar-refractivity contribution < 1.29 is 14.1 Å². The Bertz CT molecular complexity index is 971. The molecular weight excluding hydrogens is 378 g/mol. The molecule has 0 saturated heterocycles. The average molecular weight is 400 g/mol. The number of nitrogens with zero attached hydrogens (tertiary/aromatic N) is 2. The fourth-order valence-corrected chi connectivity index (χ4v) is 2.85. The van der Waals surface area contributed by atoms with Gasteiger partial charge in [0.1, 0.15) is 5.75 Å². The van der Waals surface area contributed by atoms with Crippen molar-refractivity contribution in [2.24, 2.45) is 0 Å². The van der Waals surface area contributed by atoms with Gasteiger partial charge in [-0.25, -0.2) is 0 Å². The standard InChI is InChI=1S/C21H22ClN3O3/c1-4-18(27-15-10-9-13(2)14(3)11-15)21(26)23-12-19-24-20(25-28-19)16-7-5-6-8-17(16)22/h5-11,18H,4,12H2,1-3H3,(H,23,26). The maximum absolute atomic E-state index is 12.5. The van der Waals surface area contributed by atoms with Crippen molar-refractivity contribution in [3.8, 4) is 17.1 Å². The van der Waals surface area contributed by atoms with Gasteiger partial charge in [0.2, 0.25) is 11.7 Å². The molecule has 6 nitrogen and oxygen atoms in total. The van der Waals surface area contributed by atoms with Gasteiger partial charge in [-0.15, -0.1) is 0 Å². The number of ether oxygens (including phenoxy) is 1. The zero-order chi connectivity index (χ0) is 20.1. The Hall–Kier alpha value is -2.86. The molecule has 1 amide bonds. The molecule has 3 rings (SSSR count). The number of carbonyl (C=O) groups excluding carboxylic acids is 1. The summed E-state index contributed by atoms with van der Waals surface area (Å²) in [5, 5.41) is 7.24. The zero-order valence-electron chi connectivity index (χ0n) is 16.0. The van der Waals surface area contributed by atoms with Crippen LogP contribution in [0.15, 0.2) is 47.0 Å². The van der Waals surface area contributed by atoms with Gasteiger partial charge in [0.05, 0.1) is 11.6 Å². The number of hydrogen-bond donors (Lipinski definition) is 1. The van der Waals surface area contributed by atoms with Gasteiger partial charge in [-0.05, 0) is 55.7 Å². The molecule has 0 fully saturated rings. The highest BCUT2D eigenvalue weighted by molar-refractivity contribution is 6.33. The van der Waals surface area contributed by atoms with Crippen molar-refractivity contribution in [3.05, 3.63) is 64.5 Å². The van der Waals surface area contributed by atoms with Gasteiger partial charge in [0.25, 0.3) is 5.91 Å². The smallest absolute Gasteiger partial charge is 0.261 e. The molecule has 7 heteroatoms. The van der Waals surface area contributed by atoms with Crippen molar-refractivity contribution in [3.63, 3.8) is 0 Å². The van der Waals surface area contributed by atoms with Crippen LogP contribution >= 0.6 is 11.6 Å². The van der Waals surface area contributed by atoms with E-state index in [0.29, 0.717) is 34.5 Å². The van der Waals surface area contributed by atoms with E-state index >= 15 is 0 Å². The van der Waals surface area contributed by atoms with E-state index in [-0.39, 0.29) is 12.5 Å². The highest BCUT2D eigenvalue weighted by atomic mass is 35.5. The molecule has 1 atom stereocenters. The van der Waals surface area contributed by atoms with Crippen LogP contribution in [0.3, 0.4) is 0 Å². The fourth-order valence-electron chi connectivity index (χ4n) is 2.63. The molecule has 0 radical (unpaired) electrons. The second-order valence-electron chi connectivity index (χ2n) is 6.47. The molecule has 1 heterocycles. The largest absolute Gasteiger partial charge is 0.481 e. The van der Waals surface area contributed by atoms with Crippen molar-refractivity contribution >= 4 is 17.5 Å². The number of rotatable bonds is 7. The van der Waals surface area contributed by atoms with E-state index in [1.165, 1.54) is 5.56 Å². The molecule has 28 heavy (non-hydrogen) atoms. The maximum atomic E-state index is 12.5. The second-order valence-corrected chi connectivity index (χ2v) is 6.88. The Balaban J connectivity index is 1.61. The predicted octanol–water partition coefficient (Wildman–Crippen LogP) is 4.48. The van der Waals surface area contributed by atoms with Crippen LogP contribution in [0, 0.1) is 13.8 Å². The Kier molecular flexibility index (Phi) is 6.31. The van der Waals surface area contributed by atoms with Gasteiger partial charge in [-0.3, -0.25) is 4.79 Å². The molecule has 0 aliphatic carbocycles. The SMILES string of the molecule is CCC(Oc1ccc(C)c(C)c1)C(=O)NCc1nc(-c2ccccc2Cl)no1. The normalized spacial score (nSPS) is 11.9. The van der Waals surface area contributed by atoms with Gasteiger partial charge in [0.15, 0.2) is 6.10 Å². The molecule has 2 aromatic carbocycles. The molecule has 0 bridgehead atoms. The van der Waals surface area contributed by atoms with Gasteiger partial charge in [-0.1, -0.05) is 41.9 Å². The highest BCUT2D eigenvalue weighted by Gasteiger charge is 2.20. The molecule has 1 unspecified atom stereocenters. The van der Waals surface area contributed by atoms with Crippen molar-refractivity contribution in [1.82, 2.24) is 15.5 Å². The summed E-state index contributed by atoms with van der Waals surface area (Å²) < 4.78 is 11.1. The number of amides is 1. The first-order chi connectivity index (χ1) is 13.5. The predicted molar refractivity (Wildman–Crippen MR) is 107 cm³/mol. The number of halogens is 1. The first-order valence-corrected chi connectivity index (χ1v) is 9.44. The lowest BCUT2D eigenvalue weighted by atomic mass is 10.1. The number of hydrogen-bond acceptors (Lipinski definition) is 5. The van der Waals surface area contributed by atoms with Crippen LogP contribution in [0.4, 0.5) is 0 Å². The quantitative estimate of drug-likeness (QED) is 0.633. The van der Waals surface area contributed by atoms with Crippen molar-refractivity contribution in [2.75, 3.05) is 0 Å². The summed E-state index contributed by atoms with van der Waals surface area (Å²) in [5.74, 6) is 1.11. The van der Waals surface area contributed by atoms with Crippen LogP contribution in [-0.2, 0) is 11.3 Å². The highest BCUT2D eigenvalue weighted by Crippen LogP contribution is 2.24. The first-order valence-electron chi connectivity index (χ1n) is 9.07. The number of benzene rings is 2. The van der Waals surface area contributed by atoms with Gasteiger partial charge in [0, 0.05) is 5.56 Å². The lowest BCUT2D eigenvalue weighted by molar-refractivity contribution is -0.128. The maximum Gasteiger partial charge on any atom is 0.261 e. The number of carbonyl (C=O) groups is 1. The molecule has 1 aromatic heterocycles. The number of aryl methyl sites for hydroxylation is 2. The molecule has 0 saturated carbocycles. The topological polar surface area (TPSA) is 77.2 Å². The molecule has 0 aliphatic heterocycles. The average Bonchev–Trinajstić information content (AvgIpc) is 3.16. The number of aromatic nitrogens is 2. The van der Waals surface area contributed by atoms with Crippen molar-refractivity contribution in [1.29, 1.82) is 0 Å². The second kappa shape index (κ2) is 8.89. The van der Waals surface area contributed by atoms with Gasteiger partial charge < -0.3 is 14.6 Å². The fraction of sp³-hybridized carbons (Fsp3) is 0.286. The van der Waals surface area contributed by atoms with Crippen molar-refractivity contribution in [2.45, 2.75) is 39.8 Å². The van der Waals surface area contributed by atoms with Crippen LogP contribution in [0.5, 0.6) is 5.75 Å². The van der Waals surface area contributed by atoms with Crippen LogP contribution in [0.25, 0.3) is 11.4 Å². The van der Waals surface area contributed by atoms with Crippen LogP contribution < -0.4 is 10.1 Å². The monoisotopic (exact) mass is 399 g/mol. The minimum absolute atomic E-state index is 0.114. The minimum Gasteiger partial charge on any atom is -0.481 e. The van der Waals surface area contributed by atoms with Crippen LogP contribution in [-0.4, -0.2) is 22.2 Å². The van der Waals surface area contributed by atoms with Crippen LogP contribution in [0.1, 0.15) is 30.4 Å². The van der Waals surface area contributed by atoms with E-state index in [1.807, 2.05) is 51.1 Å². The molecule has 3 aromatic rings. The van der Waals surface area contributed by atoms with Gasteiger partial charge >= 0.3 is 0 Å². The van der Waals surface area contributed by atoms with E-state index in [2.05, 4.69) is 15.5 Å². The Morgan fingerprint density at radius 2 is 2.00 bits per heavy atom. The molecule has 0 spiro atoms. The Morgan fingerprint density at radius 3 is 2.71 bits per heavy atom. The Labute approximate surface area is 168 Å². The summed E-state index contributed by atoms with van der Waals surface area (Å²) in [4.78, 5) is 16.8. The van der Waals surface area contributed by atoms with E-state index in [9.17, 15) is 4.79 Å². The van der Waals surface area contributed by atoms with E-state index in [0.717, 1.165) is 5.56 Å². The van der Waals surface area contributed by atoms with Gasteiger partial charge in [-0.2, -0.15) is 4.98 Å². The minimum atomic E-state index is -0.604. The van der Waals surface area contributed by atoms with Crippen LogP contribution in [0.2, 0.25) is 5.02 Å². The lowest BCUT2D eigenvalue weighted by Gasteiger charge is -2.17. The molecule has 146 valence electrons. The zero-order valence-corrected chi connectivity index (χ0v) is 16.8. The third kappa shape index (κ3) is 4.70. The summed E-state index contributed by atoms with van der Waals surface area (Å²) in [5.41, 5.74) is 2.97. The molecule has 0 aliphatic rings. The molecular formula is C21H22ClN3O3. The van der Waals surface area contributed by atoms with E-state index < -0.39 is 6.10 Å². The summed E-state index contributed by atoms with van der Waals surface area (Å²) >= 11 is 6.15. The number of nitrogens with one attached hydrogen (secondary N) is 1. The Morgan fingerprint density at radius 1 is 1.21 bits per heavy atom. The third-order valence-electron chi connectivity index (χ3n) is 4.42. The van der Waals surface area contributed by atoms with E-state index in [4.69, 9.17) is 20.9 Å². The summed E-state index contributed by atoms with van der Waals surface area (Å²) in [7, 11) is 0.